The van der Waals surface area contributed by atoms with Crippen LogP contribution in [0.3, 0.4) is 0 Å². The van der Waals surface area contributed by atoms with E-state index in [0.29, 0.717) is 18.7 Å². The van der Waals surface area contributed by atoms with Crippen LogP contribution in [0.25, 0.3) is 0 Å². The normalized spacial score (nSPS) is 25.7. The molecule has 2 saturated heterocycles. The molecule has 2 fully saturated rings. The minimum Gasteiger partial charge on any atom is -0.478 e. The molecule has 24 heavy (non-hydrogen) atoms. The lowest BCUT2D eigenvalue weighted by Crippen LogP contribution is -2.50. The number of likely N-dealkylation sites (N-methyl/N-ethyl adjacent to an activating group) is 1. The fourth-order valence-corrected chi connectivity index (χ4v) is 4.79. The SMILES string of the molecule is CN(Cc1ccc(C(=O)O)cc1)C(=O)C1CSC2(C)CCC(=O)N12. The Labute approximate surface area is 144 Å². The van der Waals surface area contributed by atoms with E-state index in [-0.39, 0.29) is 22.2 Å². The highest BCUT2D eigenvalue weighted by Crippen LogP contribution is 2.47. The Morgan fingerprint density at radius 3 is 2.67 bits per heavy atom. The summed E-state index contributed by atoms with van der Waals surface area (Å²) < 4.78 is 0. The molecule has 128 valence electrons. The van der Waals surface area contributed by atoms with E-state index >= 15 is 0 Å². The van der Waals surface area contributed by atoms with Crippen molar-refractivity contribution in [1.29, 1.82) is 0 Å². The molecule has 2 heterocycles. The van der Waals surface area contributed by atoms with Crippen molar-refractivity contribution >= 4 is 29.5 Å². The van der Waals surface area contributed by atoms with Gasteiger partial charge in [0.25, 0.3) is 0 Å². The number of benzene rings is 1. The number of nitrogens with zero attached hydrogens (tertiary/aromatic N) is 2. The van der Waals surface area contributed by atoms with Gasteiger partial charge in [-0.2, -0.15) is 0 Å². The number of aromatic carboxylic acids is 1. The summed E-state index contributed by atoms with van der Waals surface area (Å²) in [7, 11) is 1.72. The van der Waals surface area contributed by atoms with Crippen molar-refractivity contribution in [3.63, 3.8) is 0 Å². The highest BCUT2D eigenvalue weighted by atomic mass is 32.2. The maximum atomic E-state index is 12.8. The van der Waals surface area contributed by atoms with E-state index in [1.165, 1.54) is 12.1 Å². The fourth-order valence-electron chi connectivity index (χ4n) is 3.36. The summed E-state index contributed by atoms with van der Waals surface area (Å²) in [5.74, 6) is -0.353. The third kappa shape index (κ3) is 2.88. The summed E-state index contributed by atoms with van der Waals surface area (Å²) in [4.78, 5) is 38.9. The second-order valence-electron chi connectivity index (χ2n) is 6.46. The van der Waals surface area contributed by atoms with Crippen LogP contribution in [0, 0.1) is 0 Å². The molecular weight excluding hydrogens is 328 g/mol. The van der Waals surface area contributed by atoms with Crippen molar-refractivity contribution in [2.75, 3.05) is 12.8 Å². The Balaban J connectivity index is 1.69. The zero-order valence-electron chi connectivity index (χ0n) is 13.7. The first-order valence-electron chi connectivity index (χ1n) is 7.85. The predicted octanol–water partition coefficient (Wildman–Crippen LogP) is 1.80. The lowest BCUT2D eigenvalue weighted by Gasteiger charge is -2.32. The molecule has 0 aliphatic carbocycles. The maximum Gasteiger partial charge on any atom is 0.335 e. The Kier molecular flexibility index (Phi) is 4.29. The van der Waals surface area contributed by atoms with E-state index in [0.717, 1.165) is 12.0 Å². The molecule has 2 amide bonds. The first-order valence-corrected chi connectivity index (χ1v) is 8.84. The lowest BCUT2D eigenvalue weighted by atomic mass is 10.1. The van der Waals surface area contributed by atoms with Crippen LogP contribution >= 0.6 is 11.8 Å². The Morgan fingerprint density at radius 2 is 2.04 bits per heavy atom. The maximum absolute atomic E-state index is 12.8. The highest BCUT2D eigenvalue weighted by molar-refractivity contribution is 8.01. The Morgan fingerprint density at radius 1 is 1.38 bits per heavy atom. The molecule has 0 radical (unpaired) electrons. The monoisotopic (exact) mass is 348 g/mol. The van der Waals surface area contributed by atoms with Gasteiger partial charge in [0.05, 0.1) is 10.4 Å². The van der Waals surface area contributed by atoms with Gasteiger partial charge in [0.15, 0.2) is 0 Å². The molecule has 1 aromatic rings. The van der Waals surface area contributed by atoms with E-state index in [1.807, 2.05) is 6.92 Å². The van der Waals surface area contributed by atoms with Gasteiger partial charge in [-0.3, -0.25) is 9.59 Å². The van der Waals surface area contributed by atoms with Crippen molar-refractivity contribution in [1.82, 2.24) is 9.80 Å². The number of amides is 2. The van der Waals surface area contributed by atoms with E-state index in [2.05, 4.69) is 0 Å². The molecule has 2 aliphatic heterocycles. The highest BCUT2D eigenvalue weighted by Gasteiger charge is 2.53. The number of fused-ring (bicyclic) bond motifs is 1. The van der Waals surface area contributed by atoms with Gasteiger partial charge in [0.2, 0.25) is 11.8 Å². The van der Waals surface area contributed by atoms with Gasteiger partial charge < -0.3 is 14.9 Å². The largest absolute Gasteiger partial charge is 0.478 e. The van der Waals surface area contributed by atoms with Crippen molar-refractivity contribution in [2.24, 2.45) is 0 Å². The fraction of sp³-hybridized carbons (Fsp3) is 0.471. The molecule has 0 bridgehead atoms. The van der Waals surface area contributed by atoms with Crippen LogP contribution in [-0.4, -0.2) is 56.4 Å². The van der Waals surface area contributed by atoms with Crippen LogP contribution in [0.1, 0.15) is 35.7 Å². The average Bonchev–Trinajstić information content (AvgIpc) is 3.04. The molecule has 2 atom stereocenters. The number of carboxylic acids is 1. The zero-order chi connectivity index (χ0) is 17.5. The second-order valence-corrected chi connectivity index (χ2v) is 7.96. The summed E-state index contributed by atoms with van der Waals surface area (Å²) in [6, 6.07) is 6.08. The molecule has 1 N–H and O–H groups in total. The topological polar surface area (TPSA) is 77.9 Å². The van der Waals surface area contributed by atoms with Crippen molar-refractivity contribution in [3.05, 3.63) is 35.4 Å². The first-order chi connectivity index (χ1) is 11.3. The summed E-state index contributed by atoms with van der Waals surface area (Å²) in [5.41, 5.74) is 1.08. The number of carboxylic acid groups (broad SMARTS) is 1. The third-order valence-electron chi connectivity index (χ3n) is 4.73. The number of carbonyl (C=O) groups excluding carboxylic acids is 2. The molecule has 0 saturated carbocycles. The minimum absolute atomic E-state index is 0.0556. The molecule has 7 heteroatoms. The third-order valence-corrected chi connectivity index (χ3v) is 6.23. The molecule has 2 unspecified atom stereocenters. The summed E-state index contributed by atoms with van der Waals surface area (Å²) in [6.45, 7) is 2.42. The van der Waals surface area contributed by atoms with Crippen molar-refractivity contribution < 1.29 is 19.5 Å². The molecule has 2 aliphatic rings. The predicted molar refractivity (Wildman–Crippen MR) is 90.6 cm³/mol. The van der Waals surface area contributed by atoms with Gasteiger partial charge in [0, 0.05) is 25.8 Å². The number of thioether (sulfide) groups is 1. The van der Waals surface area contributed by atoms with Crippen LogP contribution in [0.2, 0.25) is 0 Å². The molecule has 3 rings (SSSR count). The standard InChI is InChI=1S/C17H20N2O4S/c1-17-8-7-14(20)19(17)13(10-24-17)15(21)18(2)9-11-3-5-12(6-4-11)16(22)23/h3-6,13H,7-10H2,1-2H3,(H,22,23). The van der Waals surface area contributed by atoms with E-state index < -0.39 is 12.0 Å². The molecule has 1 aromatic carbocycles. The minimum atomic E-state index is -0.971. The number of hydrogen-bond donors (Lipinski definition) is 1. The Bertz CT molecular complexity index is 690. The van der Waals surface area contributed by atoms with E-state index in [1.54, 1.807) is 40.7 Å². The summed E-state index contributed by atoms with van der Waals surface area (Å²) in [6.07, 6.45) is 1.30. The molecule has 6 nitrogen and oxygen atoms in total. The number of carbonyl (C=O) groups is 3. The van der Waals surface area contributed by atoms with Gasteiger partial charge in [-0.25, -0.2) is 4.79 Å². The zero-order valence-corrected chi connectivity index (χ0v) is 14.5. The van der Waals surface area contributed by atoms with Gasteiger partial charge in [0.1, 0.15) is 6.04 Å². The lowest BCUT2D eigenvalue weighted by molar-refractivity contribution is -0.143. The van der Waals surface area contributed by atoms with Gasteiger partial charge in [-0.05, 0) is 31.0 Å². The summed E-state index contributed by atoms with van der Waals surface area (Å²) in [5, 5.41) is 8.92. The Hall–Kier alpha value is -2.02. The second kappa shape index (κ2) is 6.12. The van der Waals surface area contributed by atoms with Gasteiger partial charge in [-0.1, -0.05) is 12.1 Å². The van der Waals surface area contributed by atoms with Crippen LogP contribution < -0.4 is 0 Å². The van der Waals surface area contributed by atoms with Gasteiger partial charge in [-0.15, -0.1) is 11.8 Å². The van der Waals surface area contributed by atoms with Crippen LogP contribution in [0.5, 0.6) is 0 Å². The van der Waals surface area contributed by atoms with Crippen LogP contribution in [0.15, 0.2) is 24.3 Å². The van der Waals surface area contributed by atoms with Gasteiger partial charge >= 0.3 is 5.97 Å². The number of hydrogen-bond acceptors (Lipinski definition) is 4. The van der Waals surface area contributed by atoms with E-state index in [4.69, 9.17) is 5.11 Å². The molecular formula is C17H20N2O4S. The number of rotatable bonds is 4. The van der Waals surface area contributed by atoms with Crippen molar-refractivity contribution in [2.45, 2.75) is 37.2 Å². The van der Waals surface area contributed by atoms with Crippen LogP contribution in [-0.2, 0) is 16.1 Å². The smallest absolute Gasteiger partial charge is 0.335 e. The van der Waals surface area contributed by atoms with Crippen molar-refractivity contribution in [3.8, 4) is 0 Å². The summed E-state index contributed by atoms with van der Waals surface area (Å²) >= 11 is 1.68. The quantitative estimate of drug-likeness (QED) is 0.898. The average molecular weight is 348 g/mol. The first kappa shape index (κ1) is 16.8. The van der Waals surface area contributed by atoms with E-state index in [9.17, 15) is 14.4 Å². The molecule has 0 spiro atoms. The van der Waals surface area contributed by atoms with Crippen LogP contribution in [0.4, 0.5) is 0 Å². The molecule has 0 aromatic heterocycles.